The Balaban J connectivity index is 0.000000189. The molecule has 0 aromatic heterocycles. The zero-order chi connectivity index (χ0) is 39.7. The number of hydrogen-bond donors (Lipinski definition) is 6. The number of anilines is 1. The molecule has 15 nitrogen and oxygen atoms in total. The third-order valence-corrected chi connectivity index (χ3v) is 12.3. The number of fused-ring (bicyclic) bond motifs is 3. The Bertz CT molecular complexity index is 1900. The monoisotopic (exact) mass is 769 g/mol. The van der Waals surface area contributed by atoms with Crippen molar-refractivity contribution in [2.75, 3.05) is 70.9 Å². The van der Waals surface area contributed by atoms with Gasteiger partial charge < -0.3 is 41.7 Å². The van der Waals surface area contributed by atoms with E-state index in [2.05, 4.69) is 37.3 Å². The Hall–Kier alpha value is -5.12. The molecule has 4 atom stereocenters. The summed E-state index contributed by atoms with van der Waals surface area (Å²) in [4.78, 5) is 58.3. The number of piperidine rings is 2. The SMILES string of the molecule is CC(CCC(=O)NC=O)N1C(=O)c2ccc(N3CCC(O)(CN4CC5CC5C4)CC3)cc2C1=O.CN1CCN2C(/C=C(\N)c3ccccc3O)=C(N)NCC2C1. The maximum Gasteiger partial charge on any atom is 0.261 e. The number of benzene rings is 2. The van der Waals surface area contributed by atoms with Gasteiger partial charge in [0.1, 0.15) is 11.6 Å². The minimum absolute atomic E-state index is 0.0496. The maximum atomic E-state index is 13.1. The number of amides is 4. The minimum Gasteiger partial charge on any atom is -0.507 e. The van der Waals surface area contributed by atoms with Crippen LogP contribution in [0, 0.1) is 11.8 Å². The first-order valence-electron chi connectivity index (χ1n) is 19.7. The molecule has 1 saturated carbocycles. The number of phenols is 1. The van der Waals surface area contributed by atoms with Crippen molar-refractivity contribution in [2.24, 2.45) is 23.3 Å². The van der Waals surface area contributed by atoms with Crippen LogP contribution in [0.3, 0.4) is 0 Å². The molecule has 8 N–H and O–H groups in total. The Morgan fingerprint density at radius 3 is 2.46 bits per heavy atom. The maximum absolute atomic E-state index is 13.1. The quantitative estimate of drug-likeness (QED) is 0.148. The Kier molecular flexibility index (Phi) is 11.3. The van der Waals surface area contributed by atoms with Crippen LogP contribution in [0.4, 0.5) is 5.69 Å². The Morgan fingerprint density at radius 1 is 1.04 bits per heavy atom. The molecule has 15 heteroatoms. The molecule has 2 aromatic rings. The van der Waals surface area contributed by atoms with Crippen LogP contribution in [0.1, 0.15) is 65.3 Å². The summed E-state index contributed by atoms with van der Waals surface area (Å²) in [6, 6.07) is 12.3. The van der Waals surface area contributed by atoms with Gasteiger partial charge in [-0.2, -0.15) is 0 Å². The summed E-state index contributed by atoms with van der Waals surface area (Å²) < 4.78 is 0. The third kappa shape index (κ3) is 8.34. The molecular formula is C41H55N9O6. The first-order chi connectivity index (χ1) is 26.8. The van der Waals surface area contributed by atoms with Crippen molar-refractivity contribution in [3.63, 3.8) is 0 Å². The van der Waals surface area contributed by atoms with Gasteiger partial charge in [-0.1, -0.05) is 12.1 Å². The van der Waals surface area contributed by atoms with Gasteiger partial charge >= 0.3 is 0 Å². The van der Waals surface area contributed by atoms with Crippen molar-refractivity contribution in [2.45, 2.75) is 56.7 Å². The summed E-state index contributed by atoms with van der Waals surface area (Å²) in [5.74, 6) is 1.37. The van der Waals surface area contributed by atoms with E-state index in [0.717, 1.165) is 69.0 Å². The predicted octanol–water partition coefficient (Wildman–Crippen LogP) is 1.05. The number of nitrogens with zero attached hydrogens (tertiary/aromatic N) is 5. The molecule has 5 heterocycles. The number of allylic oxidation sites excluding steroid dienone is 1. The first kappa shape index (κ1) is 39.1. The zero-order valence-corrected chi connectivity index (χ0v) is 32.3. The van der Waals surface area contributed by atoms with Gasteiger partial charge in [-0.15, -0.1) is 0 Å². The molecule has 0 radical (unpaired) electrons. The van der Waals surface area contributed by atoms with Gasteiger partial charge in [-0.05, 0) is 87.9 Å². The summed E-state index contributed by atoms with van der Waals surface area (Å²) in [6.07, 6.45) is 5.22. The van der Waals surface area contributed by atoms with Crippen molar-refractivity contribution in [1.82, 2.24) is 30.2 Å². The second-order valence-corrected chi connectivity index (χ2v) is 16.4. The van der Waals surface area contributed by atoms with Gasteiger partial charge in [0, 0.05) is 88.3 Å². The second-order valence-electron chi connectivity index (χ2n) is 16.4. The van der Waals surface area contributed by atoms with Crippen LogP contribution in [0.2, 0.25) is 0 Å². The van der Waals surface area contributed by atoms with Crippen molar-refractivity contribution in [1.29, 1.82) is 0 Å². The number of piperazine rings is 1. The number of hydrogen-bond acceptors (Lipinski definition) is 13. The number of likely N-dealkylation sites (N-methyl/N-ethyl adjacent to an activating group) is 1. The van der Waals surface area contributed by atoms with E-state index in [0.29, 0.717) is 66.6 Å². The van der Waals surface area contributed by atoms with Gasteiger partial charge in [0.25, 0.3) is 11.8 Å². The van der Waals surface area contributed by atoms with Crippen LogP contribution < -0.4 is 27.0 Å². The number of phenolic OH excluding ortho intramolecular Hbond substituents is 1. The van der Waals surface area contributed by atoms with Gasteiger partial charge in [0.05, 0.1) is 28.5 Å². The van der Waals surface area contributed by atoms with Gasteiger partial charge in [-0.3, -0.25) is 34.3 Å². The first-order valence-corrected chi connectivity index (χ1v) is 19.7. The van der Waals surface area contributed by atoms with Crippen molar-refractivity contribution < 1.29 is 29.4 Å². The number of likely N-dealkylation sites (tertiary alicyclic amines) is 1. The standard InChI is InChI=1S/C25H32N4O5.C16H23N5O/c1-16(2-5-22(31)26-15-30)29-23(32)20-4-3-19(11-21(20)24(29)33)28-8-6-25(34,7-9-28)14-27-12-17-10-18(17)13-27;1-20-6-7-21-11(10-20)9-19-16(18)14(21)8-13(17)12-4-2-3-5-15(12)22/h3-4,11,15-18,34H,2,5-10,12-14H2,1H3,(H,26,30,31);2-5,8,11,19,22H,6-7,9-10,17-18H2,1H3/b;13-8-. The molecule has 6 aliphatic rings. The van der Waals surface area contributed by atoms with E-state index in [1.807, 2.05) is 18.2 Å². The fraction of sp³-hybridized carbons (Fsp3) is 0.512. The van der Waals surface area contributed by atoms with Gasteiger partial charge in [0.2, 0.25) is 12.3 Å². The molecule has 0 spiro atoms. The number of para-hydroxylation sites is 1. The lowest BCUT2D eigenvalue weighted by Gasteiger charge is -2.45. The topological polar surface area (TPSA) is 201 Å². The molecule has 4 amide bonds. The molecule has 1 aliphatic carbocycles. The summed E-state index contributed by atoms with van der Waals surface area (Å²) in [5.41, 5.74) is 15.3. The smallest absolute Gasteiger partial charge is 0.261 e. The van der Waals surface area contributed by atoms with Crippen molar-refractivity contribution >= 4 is 35.5 Å². The fourth-order valence-electron chi connectivity index (χ4n) is 8.91. The largest absolute Gasteiger partial charge is 0.507 e. The summed E-state index contributed by atoms with van der Waals surface area (Å²) in [5, 5.41) is 26.4. The van der Waals surface area contributed by atoms with Crippen LogP contribution >= 0.6 is 0 Å². The van der Waals surface area contributed by atoms with E-state index < -0.39 is 17.6 Å². The van der Waals surface area contributed by atoms with E-state index in [4.69, 9.17) is 11.5 Å². The lowest BCUT2D eigenvalue weighted by molar-refractivity contribution is -0.125. The third-order valence-electron chi connectivity index (χ3n) is 12.3. The van der Waals surface area contributed by atoms with Crippen LogP contribution in [0.25, 0.3) is 5.70 Å². The van der Waals surface area contributed by atoms with E-state index in [-0.39, 0.29) is 30.4 Å². The van der Waals surface area contributed by atoms with Crippen molar-refractivity contribution in [3.8, 4) is 5.75 Å². The number of aliphatic hydroxyl groups is 1. The molecule has 3 saturated heterocycles. The normalized spacial score (nSPS) is 25.1. The number of aromatic hydroxyl groups is 1. The zero-order valence-electron chi connectivity index (χ0n) is 32.3. The molecule has 56 heavy (non-hydrogen) atoms. The number of nitrogens with two attached hydrogens (primary N) is 2. The lowest BCUT2D eigenvalue weighted by Crippen LogP contribution is -2.58. The van der Waals surface area contributed by atoms with Crippen LogP contribution in [-0.4, -0.2) is 138 Å². The average Bonchev–Trinajstić information content (AvgIpc) is 3.70. The molecule has 4 fully saturated rings. The number of imide groups is 2. The molecule has 300 valence electrons. The predicted molar refractivity (Wildman–Crippen MR) is 212 cm³/mol. The Morgan fingerprint density at radius 2 is 1.75 bits per heavy atom. The number of β-amino-alcohol motifs (C(OH)–C–C–N with tert-alkyl or cyclic N) is 1. The van der Waals surface area contributed by atoms with Gasteiger partial charge in [-0.25, -0.2) is 0 Å². The molecule has 8 rings (SSSR count). The van der Waals surface area contributed by atoms with Crippen LogP contribution in [0.5, 0.6) is 5.75 Å². The van der Waals surface area contributed by atoms with Crippen molar-refractivity contribution in [3.05, 3.63) is 76.7 Å². The van der Waals surface area contributed by atoms with E-state index in [9.17, 15) is 29.4 Å². The lowest BCUT2D eigenvalue weighted by atomic mass is 9.90. The number of rotatable bonds is 10. The highest BCUT2D eigenvalue weighted by atomic mass is 16.3. The average molecular weight is 770 g/mol. The highest BCUT2D eigenvalue weighted by molar-refractivity contribution is 6.22. The molecule has 5 aliphatic heterocycles. The summed E-state index contributed by atoms with van der Waals surface area (Å²) in [6.45, 7) is 9.85. The second kappa shape index (κ2) is 16.2. The Labute approximate surface area is 327 Å². The van der Waals surface area contributed by atoms with Gasteiger partial charge in [0.15, 0.2) is 0 Å². The van der Waals surface area contributed by atoms with Crippen LogP contribution in [0.15, 0.2) is 60.1 Å². The van der Waals surface area contributed by atoms with E-state index in [1.165, 1.54) is 11.3 Å². The number of nitrogens with one attached hydrogen (secondary N) is 2. The highest BCUT2D eigenvalue weighted by Crippen LogP contribution is 2.45. The van der Waals surface area contributed by atoms with E-state index >= 15 is 0 Å². The van der Waals surface area contributed by atoms with E-state index in [1.54, 1.807) is 37.3 Å². The molecular weight excluding hydrogens is 715 g/mol. The molecule has 4 unspecified atom stereocenters. The fourth-order valence-corrected chi connectivity index (χ4v) is 8.91. The minimum atomic E-state index is -0.668. The summed E-state index contributed by atoms with van der Waals surface area (Å²) >= 11 is 0. The molecule has 0 bridgehead atoms. The molecule has 2 aromatic carbocycles. The number of carbonyl (C=O) groups excluding carboxylic acids is 4. The number of carbonyl (C=O) groups is 4. The van der Waals surface area contributed by atoms with Crippen LogP contribution in [-0.2, 0) is 9.59 Å². The highest BCUT2D eigenvalue weighted by Gasteiger charge is 2.47. The summed E-state index contributed by atoms with van der Waals surface area (Å²) in [7, 11) is 2.13.